The van der Waals surface area contributed by atoms with Crippen molar-refractivity contribution in [2.24, 2.45) is 5.92 Å². The van der Waals surface area contributed by atoms with Gasteiger partial charge in [-0.05, 0) is 80.4 Å². The molecule has 210 valence electrons. The van der Waals surface area contributed by atoms with Crippen LogP contribution >= 0.6 is 0 Å². The minimum Gasteiger partial charge on any atom is -0.490 e. The lowest BCUT2D eigenvalue weighted by Gasteiger charge is -2.35. The molecule has 1 aromatic carbocycles. The maximum atomic E-state index is 13.4. The Morgan fingerprint density at radius 1 is 1.08 bits per heavy atom. The van der Waals surface area contributed by atoms with E-state index in [1.54, 1.807) is 0 Å². The third-order valence-electron chi connectivity index (χ3n) is 6.83. The molecule has 6 nitrogen and oxygen atoms in total. The van der Waals surface area contributed by atoms with Crippen LogP contribution in [0.3, 0.4) is 0 Å². The lowest BCUT2D eigenvalue weighted by Crippen LogP contribution is -2.46. The molecular formula is C32H48N2O4. The van der Waals surface area contributed by atoms with Gasteiger partial charge < -0.3 is 15.2 Å². The molecule has 2 N–H and O–H groups in total. The molecule has 3 atom stereocenters. The van der Waals surface area contributed by atoms with E-state index < -0.39 is 5.97 Å². The molecule has 0 aliphatic heterocycles. The number of hydrogen-bond donors (Lipinski definition) is 2. The van der Waals surface area contributed by atoms with Gasteiger partial charge in [0.05, 0.1) is 24.9 Å². The highest BCUT2D eigenvalue weighted by Crippen LogP contribution is 2.25. The number of nitrogens with one attached hydrogen (secondary N) is 1. The quantitative estimate of drug-likeness (QED) is 0.267. The molecule has 38 heavy (non-hydrogen) atoms. The van der Waals surface area contributed by atoms with E-state index in [1.807, 2.05) is 32.0 Å². The molecule has 0 aromatic heterocycles. The number of allylic oxidation sites excluding steroid dienone is 4. The molecule has 1 amide bonds. The van der Waals surface area contributed by atoms with Crippen LogP contribution in [0, 0.1) is 12.8 Å². The number of hydrogen-bond acceptors (Lipinski definition) is 4. The zero-order chi connectivity index (χ0) is 28.1. The summed E-state index contributed by atoms with van der Waals surface area (Å²) in [6.07, 6.45) is 14.2. The molecule has 6 heteroatoms. The van der Waals surface area contributed by atoms with Crippen molar-refractivity contribution in [3.63, 3.8) is 0 Å². The van der Waals surface area contributed by atoms with Gasteiger partial charge in [0.15, 0.2) is 0 Å². The number of carbonyl (C=O) groups excluding carboxylic acids is 1. The fourth-order valence-electron chi connectivity index (χ4n) is 4.99. The summed E-state index contributed by atoms with van der Waals surface area (Å²) in [5.74, 6) is 0.190. The minimum atomic E-state index is -0.873. The molecule has 3 unspecified atom stereocenters. The van der Waals surface area contributed by atoms with Crippen LogP contribution in [0.4, 0.5) is 0 Å². The van der Waals surface area contributed by atoms with Crippen molar-refractivity contribution in [3.05, 3.63) is 65.3 Å². The van der Waals surface area contributed by atoms with Crippen LogP contribution in [0.25, 0.3) is 0 Å². The largest absolute Gasteiger partial charge is 0.490 e. The van der Waals surface area contributed by atoms with Gasteiger partial charge in [-0.1, -0.05) is 71.1 Å². The van der Waals surface area contributed by atoms with Gasteiger partial charge in [-0.25, -0.2) is 0 Å². The molecule has 0 saturated heterocycles. The number of carboxylic acid groups (broad SMARTS) is 1. The standard InChI is InChI=1S/C32H48N2O4/c1-7-17-34(18-8-2)30-14-12-10-11-13-28(30)29(19-23(4)5)33-31(35)21-25-15-16-27(20-24(25)6)38-26(9-3)22-32(36)37/h10-16,20,23,26,29-30H,7-9,17-19,21-22H2,1-6H3,(H,33,35)(H,36,37). The summed E-state index contributed by atoms with van der Waals surface area (Å²) in [7, 11) is 0. The summed E-state index contributed by atoms with van der Waals surface area (Å²) in [5, 5.41) is 12.5. The van der Waals surface area contributed by atoms with Crippen molar-refractivity contribution in [1.29, 1.82) is 0 Å². The number of benzene rings is 1. The number of amides is 1. The average Bonchev–Trinajstić information content (AvgIpc) is 3.10. The van der Waals surface area contributed by atoms with Crippen LogP contribution in [0.2, 0.25) is 0 Å². The fraction of sp³-hybridized carbons (Fsp3) is 0.562. The highest BCUT2D eigenvalue weighted by Gasteiger charge is 2.27. The Labute approximate surface area is 229 Å². The Balaban J connectivity index is 2.20. The highest BCUT2D eigenvalue weighted by atomic mass is 16.5. The molecule has 1 aliphatic carbocycles. The lowest BCUT2D eigenvalue weighted by molar-refractivity contribution is -0.138. The molecule has 0 radical (unpaired) electrons. The zero-order valence-electron chi connectivity index (χ0n) is 24.2. The third-order valence-corrected chi connectivity index (χ3v) is 6.83. The predicted molar refractivity (Wildman–Crippen MR) is 156 cm³/mol. The summed E-state index contributed by atoms with van der Waals surface area (Å²) in [6.45, 7) is 14.7. The van der Waals surface area contributed by atoms with Crippen LogP contribution in [-0.2, 0) is 16.0 Å². The molecule has 0 heterocycles. The second-order valence-electron chi connectivity index (χ2n) is 10.7. The van der Waals surface area contributed by atoms with Crippen LogP contribution in [0.5, 0.6) is 5.75 Å². The fourth-order valence-corrected chi connectivity index (χ4v) is 4.99. The first-order valence-electron chi connectivity index (χ1n) is 14.2. The van der Waals surface area contributed by atoms with E-state index in [-0.39, 0.29) is 36.9 Å². The van der Waals surface area contributed by atoms with Crippen LogP contribution < -0.4 is 10.1 Å². The van der Waals surface area contributed by atoms with Gasteiger partial charge in [0, 0.05) is 0 Å². The Morgan fingerprint density at radius 3 is 2.37 bits per heavy atom. The Hall–Kier alpha value is -2.86. The van der Waals surface area contributed by atoms with Gasteiger partial charge in [-0.2, -0.15) is 0 Å². The monoisotopic (exact) mass is 524 g/mol. The number of rotatable bonds is 16. The summed E-state index contributed by atoms with van der Waals surface area (Å²) in [6, 6.07) is 5.74. The van der Waals surface area contributed by atoms with Gasteiger partial charge in [0.25, 0.3) is 0 Å². The Morgan fingerprint density at radius 2 is 1.79 bits per heavy atom. The molecule has 0 spiro atoms. The SMILES string of the molecule is CCCN(CCC)C1C=CC=CC=C1C(CC(C)C)NC(=O)Cc1ccc(OC(CC)CC(=O)O)cc1C. The first-order valence-corrected chi connectivity index (χ1v) is 14.2. The summed E-state index contributed by atoms with van der Waals surface area (Å²) < 4.78 is 5.88. The smallest absolute Gasteiger partial charge is 0.307 e. The second kappa shape index (κ2) is 16.2. The summed E-state index contributed by atoms with van der Waals surface area (Å²) in [4.78, 5) is 27.0. The van der Waals surface area contributed by atoms with E-state index >= 15 is 0 Å². The van der Waals surface area contributed by atoms with Gasteiger partial charge >= 0.3 is 5.97 Å². The van der Waals surface area contributed by atoms with E-state index in [9.17, 15) is 9.59 Å². The van der Waals surface area contributed by atoms with Crippen LogP contribution in [-0.4, -0.2) is 53.2 Å². The molecular weight excluding hydrogens is 476 g/mol. The number of aryl methyl sites for hydroxylation is 1. The Kier molecular flexibility index (Phi) is 13.4. The van der Waals surface area contributed by atoms with Crippen molar-refractivity contribution in [1.82, 2.24) is 10.2 Å². The van der Waals surface area contributed by atoms with Gasteiger partial charge in [0.1, 0.15) is 11.9 Å². The van der Waals surface area contributed by atoms with Crippen molar-refractivity contribution in [2.45, 2.75) is 98.3 Å². The molecule has 0 bridgehead atoms. The van der Waals surface area contributed by atoms with Gasteiger partial charge in [-0.3, -0.25) is 14.5 Å². The maximum absolute atomic E-state index is 13.4. The molecule has 1 aliphatic rings. The minimum absolute atomic E-state index is 0.000815. The summed E-state index contributed by atoms with van der Waals surface area (Å²) >= 11 is 0. The first kappa shape index (κ1) is 31.4. The average molecular weight is 525 g/mol. The zero-order valence-corrected chi connectivity index (χ0v) is 24.2. The number of carboxylic acids is 1. The molecule has 1 aromatic rings. The lowest BCUT2D eigenvalue weighted by atomic mass is 9.90. The number of nitrogens with zero attached hydrogens (tertiary/aromatic N) is 1. The number of carbonyl (C=O) groups is 2. The highest BCUT2D eigenvalue weighted by molar-refractivity contribution is 5.79. The van der Waals surface area contributed by atoms with Gasteiger partial charge in [-0.15, -0.1) is 0 Å². The second-order valence-corrected chi connectivity index (χ2v) is 10.7. The van der Waals surface area contributed by atoms with E-state index in [2.05, 4.69) is 68.3 Å². The predicted octanol–water partition coefficient (Wildman–Crippen LogP) is 6.24. The van der Waals surface area contributed by atoms with Crippen molar-refractivity contribution in [3.8, 4) is 5.75 Å². The topological polar surface area (TPSA) is 78.9 Å². The van der Waals surface area contributed by atoms with Crippen LogP contribution in [0.15, 0.2) is 54.2 Å². The van der Waals surface area contributed by atoms with E-state index in [0.717, 1.165) is 43.5 Å². The van der Waals surface area contributed by atoms with Crippen molar-refractivity contribution in [2.75, 3.05) is 13.1 Å². The number of ether oxygens (including phenoxy) is 1. The summed E-state index contributed by atoms with van der Waals surface area (Å²) in [5.41, 5.74) is 3.13. The molecule has 2 rings (SSSR count). The van der Waals surface area contributed by atoms with Crippen LogP contribution in [0.1, 0.15) is 77.8 Å². The number of aliphatic carboxylic acids is 1. The third kappa shape index (κ3) is 10.1. The first-order chi connectivity index (χ1) is 18.2. The van der Waals surface area contributed by atoms with E-state index in [4.69, 9.17) is 9.84 Å². The maximum Gasteiger partial charge on any atom is 0.307 e. The van der Waals surface area contributed by atoms with Gasteiger partial charge in [0.2, 0.25) is 5.91 Å². The normalized spacial score (nSPS) is 16.7. The van der Waals surface area contributed by atoms with Crippen molar-refractivity contribution < 1.29 is 19.4 Å². The van der Waals surface area contributed by atoms with E-state index in [1.165, 1.54) is 5.57 Å². The van der Waals surface area contributed by atoms with Crippen molar-refractivity contribution >= 4 is 11.9 Å². The molecule has 0 saturated carbocycles. The Bertz CT molecular complexity index is 989. The van der Waals surface area contributed by atoms with E-state index in [0.29, 0.717) is 18.1 Å². The molecule has 0 fully saturated rings.